The lowest BCUT2D eigenvalue weighted by Crippen LogP contribution is -2.52. The molecule has 2 aliphatic heterocycles. The molecule has 0 radical (unpaired) electrons. The van der Waals surface area contributed by atoms with Gasteiger partial charge in [-0.3, -0.25) is 25.1 Å². The van der Waals surface area contributed by atoms with Gasteiger partial charge >= 0.3 is 0 Å². The number of hydrogen-bond donors (Lipinski definition) is 2. The van der Waals surface area contributed by atoms with Crippen LogP contribution >= 0.6 is 0 Å². The van der Waals surface area contributed by atoms with Crippen LogP contribution < -0.4 is 5.32 Å². The van der Waals surface area contributed by atoms with Gasteiger partial charge in [-0.05, 0) is 12.5 Å². The second-order valence-corrected chi connectivity index (χ2v) is 6.35. The number of hydrogen-bond acceptors (Lipinski definition) is 7. The molecule has 3 aliphatic rings. The van der Waals surface area contributed by atoms with E-state index < -0.39 is 28.1 Å². The molecule has 26 heavy (non-hydrogen) atoms. The van der Waals surface area contributed by atoms with E-state index in [0.29, 0.717) is 18.5 Å². The van der Waals surface area contributed by atoms with Crippen molar-refractivity contribution in [3.63, 3.8) is 0 Å². The van der Waals surface area contributed by atoms with Gasteiger partial charge in [0.25, 0.3) is 5.69 Å². The van der Waals surface area contributed by atoms with Crippen molar-refractivity contribution in [1.82, 2.24) is 0 Å². The quantitative estimate of drug-likeness (QED) is 0.583. The van der Waals surface area contributed by atoms with Crippen molar-refractivity contribution in [3.8, 4) is 6.07 Å². The van der Waals surface area contributed by atoms with E-state index in [1.165, 1.54) is 18.2 Å². The Morgan fingerprint density at radius 2 is 2.15 bits per heavy atom. The number of carbonyl (C=O) groups is 2. The Balaban J connectivity index is 2.10. The van der Waals surface area contributed by atoms with Crippen molar-refractivity contribution < 1.29 is 19.2 Å². The van der Waals surface area contributed by atoms with E-state index in [9.17, 15) is 25.0 Å². The predicted octanol–water partition coefficient (Wildman–Crippen LogP) is 1.94. The number of Topliss-reactive ketones (excluding diaryl/α,β-unsaturated/α-hetero) is 1. The van der Waals surface area contributed by atoms with Crippen molar-refractivity contribution in [2.24, 2.45) is 5.92 Å². The van der Waals surface area contributed by atoms with Crippen LogP contribution in [-0.4, -0.2) is 22.5 Å². The van der Waals surface area contributed by atoms with E-state index >= 15 is 0 Å². The maximum Gasteiger partial charge on any atom is 0.269 e. The third-order valence-electron chi connectivity index (χ3n) is 5.06. The Labute approximate surface area is 146 Å². The van der Waals surface area contributed by atoms with Gasteiger partial charge in [-0.25, -0.2) is 0 Å². The van der Waals surface area contributed by atoms with E-state index in [2.05, 4.69) is 5.32 Å². The number of nitro groups is 1. The number of anilines is 1. The molecule has 0 saturated carbocycles. The molecule has 2 heterocycles. The zero-order valence-electron chi connectivity index (χ0n) is 13.4. The highest BCUT2D eigenvalue weighted by Gasteiger charge is 2.63. The number of allylic oxidation sites excluding steroid dienone is 1. The number of nitro benzene ring substituents is 1. The Morgan fingerprint density at radius 3 is 2.85 bits per heavy atom. The normalized spacial score (nSPS) is 26.7. The minimum atomic E-state index is -1.79. The molecule has 9 heteroatoms. The van der Waals surface area contributed by atoms with Crippen LogP contribution in [0.15, 0.2) is 29.5 Å². The maximum absolute atomic E-state index is 13.0. The van der Waals surface area contributed by atoms with Crippen LogP contribution in [0, 0.1) is 32.8 Å². The van der Waals surface area contributed by atoms with Crippen LogP contribution in [0.1, 0.15) is 24.8 Å². The van der Waals surface area contributed by atoms with Crippen molar-refractivity contribution in [3.05, 3.63) is 45.2 Å². The van der Waals surface area contributed by atoms with Gasteiger partial charge in [-0.15, -0.1) is 0 Å². The molecule has 0 fully saturated rings. The van der Waals surface area contributed by atoms with E-state index in [1.807, 2.05) is 6.07 Å². The number of ether oxygens (including phenoxy) is 1. The lowest BCUT2D eigenvalue weighted by Gasteiger charge is -2.40. The third-order valence-corrected chi connectivity index (χ3v) is 5.06. The number of ketones is 1. The summed E-state index contributed by atoms with van der Waals surface area (Å²) in [5.74, 6) is -2.60. The summed E-state index contributed by atoms with van der Waals surface area (Å²) >= 11 is 0. The van der Waals surface area contributed by atoms with E-state index in [1.54, 1.807) is 0 Å². The molecule has 4 rings (SSSR count). The molecule has 2 atom stereocenters. The highest BCUT2D eigenvalue weighted by molar-refractivity contribution is 6.19. The Hall–Kier alpha value is -3.54. The van der Waals surface area contributed by atoms with Crippen LogP contribution in [0.2, 0.25) is 0 Å². The Bertz CT molecular complexity index is 989. The number of fused-ring (bicyclic) bond motifs is 3. The van der Waals surface area contributed by atoms with Crippen LogP contribution in [0.25, 0.3) is 0 Å². The average Bonchev–Trinajstić information content (AvgIpc) is 2.87. The van der Waals surface area contributed by atoms with Crippen LogP contribution in [-0.2, 0) is 19.7 Å². The molecule has 9 nitrogen and oxygen atoms in total. The molecule has 2 unspecified atom stereocenters. The molecule has 0 saturated heterocycles. The molecule has 130 valence electrons. The lowest BCUT2D eigenvalue weighted by atomic mass is 9.62. The number of benzene rings is 1. The summed E-state index contributed by atoms with van der Waals surface area (Å²) in [7, 11) is 0. The average molecular weight is 352 g/mol. The fourth-order valence-electron chi connectivity index (χ4n) is 4.00. The molecule has 0 aromatic heterocycles. The van der Waals surface area contributed by atoms with Crippen molar-refractivity contribution in [1.29, 1.82) is 10.7 Å². The number of carbonyl (C=O) groups excluding carboxylic acids is 2. The SMILES string of the molecule is N#CC1C(=N)OC2=C(C(=O)CCC2)C12C(=O)Nc1ccc([N+](=O)[O-])cc12. The first-order valence-electron chi connectivity index (χ1n) is 7.94. The molecular weight excluding hydrogens is 340 g/mol. The highest BCUT2D eigenvalue weighted by atomic mass is 16.6. The molecule has 1 aromatic carbocycles. The first kappa shape index (κ1) is 16.0. The van der Waals surface area contributed by atoms with E-state index in [0.717, 1.165) is 0 Å². The molecule has 1 aromatic rings. The van der Waals surface area contributed by atoms with E-state index in [-0.39, 0.29) is 34.8 Å². The first-order chi connectivity index (χ1) is 12.4. The van der Waals surface area contributed by atoms with Gasteiger partial charge in [-0.2, -0.15) is 5.26 Å². The zero-order chi connectivity index (χ0) is 18.6. The molecule has 1 aliphatic carbocycles. The minimum absolute atomic E-state index is 0.0445. The zero-order valence-corrected chi connectivity index (χ0v) is 13.4. The summed E-state index contributed by atoms with van der Waals surface area (Å²) in [6, 6.07) is 5.70. The summed E-state index contributed by atoms with van der Waals surface area (Å²) in [6.07, 6.45) is 1.06. The number of non-ortho nitro benzene ring substituents is 1. The number of nitriles is 1. The standard InChI is InChI=1S/C17H12N4O5/c18-7-10-15(19)26-13-3-1-2-12(22)14(13)17(10)9-6-8(21(24)25)4-5-11(9)20-16(17)23/h4-6,10,19H,1-3H2,(H,20,23). The number of amides is 1. The van der Waals surface area contributed by atoms with Gasteiger partial charge < -0.3 is 10.1 Å². The Morgan fingerprint density at radius 1 is 1.38 bits per heavy atom. The smallest absolute Gasteiger partial charge is 0.269 e. The molecule has 1 spiro atoms. The topological polar surface area (TPSA) is 146 Å². The largest absolute Gasteiger partial charge is 0.446 e. The summed E-state index contributed by atoms with van der Waals surface area (Å²) < 4.78 is 5.40. The van der Waals surface area contributed by atoms with E-state index in [4.69, 9.17) is 10.1 Å². The summed E-state index contributed by atoms with van der Waals surface area (Å²) in [6.45, 7) is 0. The maximum atomic E-state index is 13.0. The van der Waals surface area contributed by atoms with Crippen molar-refractivity contribution in [2.45, 2.75) is 24.7 Å². The minimum Gasteiger partial charge on any atom is -0.446 e. The van der Waals surface area contributed by atoms with Gasteiger partial charge in [0.05, 0.1) is 16.6 Å². The highest BCUT2D eigenvalue weighted by Crippen LogP contribution is 2.54. The van der Waals surface area contributed by atoms with Crippen LogP contribution in [0.3, 0.4) is 0 Å². The second-order valence-electron chi connectivity index (χ2n) is 6.35. The number of nitrogens with zero attached hydrogens (tertiary/aromatic N) is 2. The van der Waals surface area contributed by atoms with Gasteiger partial charge in [-0.1, -0.05) is 0 Å². The lowest BCUT2D eigenvalue weighted by molar-refractivity contribution is -0.384. The van der Waals surface area contributed by atoms with Crippen molar-refractivity contribution >= 4 is 29.0 Å². The molecule has 1 amide bonds. The summed E-state index contributed by atoms with van der Waals surface area (Å²) in [5, 5.41) is 31.6. The van der Waals surface area contributed by atoms with Gasteiger partial charge in [0.15, 0.2) is 5.78 Å². The molecule has 0 bridgehead atoms. The van der Waals surface area contributed by atoms with Gasteiger partial charge in [0, 0.05) is 36.2 Å². The first-order valence-corrected chi connectivity index (χ1v) is 7.94. The second kappa shape index (κ2) is 5.23. The fourth-order valence-corrected chi connectivity index (χ4v) is 4.00. The molecular formula is C17H12N4O5. The van der Waals surface area contributed by atoms with Crippen LogP contribution in [0.5, 0.6) is 0 Å². The van der Waals surface area contributed by atoms with Crippen molar-refractivity contribution in [2.75, 3.05) is 5.32 Å². The van der Waals surface area contributed by atoms with Crippen LogP contribution in [0.4, 0.5) is 11.4 Å². The summed E-state index contributed by atoms with van der Waals surface area (Å²) in [5.41, 5.74) is -1.55. The Kier molecular flexibility index (Phi) is 3.21. The summed E-state index contributed by atoms with van der Waals surface area (Å²) in [4.78, 5) is 36.3. The molecule has 2 N–H and O–H groups in total. The number of nitrogens with one attached hydrogen (secondary N) is 2. The third kappa shape index (κ3) is 1.81. The fraction of sp³-hybridized carbons (Fsp3) is 0.294. The monoisotopic (exact) mass is 352 g/mol. The van der Waals surface area contributed by atoms with Gasteiger partial charge in [0.1, 0.15) is 17.1 Å². The number of rotatable bonds is 1. The predicted molar refractivity (Wildman–Crippen MR) is 87.2 cm³/mol. The van der Waals surface area contributed by atoms with Gasteiger partial charge in [0.2, 0.25) is 11.8 Å².